The van der Waals surface area contributed by atoms with Crippen molar-refractivity contribution in [2.45, 2.75) is 26.0 Å². The van der Waals surface area contributed by atoms with Crippen molar-refractivity contribution in [2.24, 2.45) is 5.73 Å². The minimum Gasteiger partial charge on any atom is -0.490 e. The van der Waals surface area contributed by atoms with Crippen LogP contribution in [-0.2, 0) is 11.3 Å². The van der Waals surface area contributed by atoms with E-state index in [0.717, 1.165) is 10.0 Å². The summed E-state index contributed by atoms with van der Waals surface area (Å²) >= 11 is 3.47. The molecule has 6 heteroatoms. The zero-order chi connectivity index (χ0) is 14.7. The number of carbonyl (C=O) groups excluding carboxylic acids is 1. The minimum atomic E-state index is -0.445. The lowest BCUT2D eigenvalue weighted by Gasteiger charge is -2.18. The van der Waals surface area contributed by atoms with Crippen LogP contribution in [0.5, 0.6) is 11.5 Å². The van der Waals surface area contributed by atoms with Gasteiger partial charge in [-0.2, -0.15) is 0 Å². The van der Waals surface area contributed by atoms with Crippen molar-refractivity contribution in [3.8, 4) is 11.5 Å². The highest BCUT2D eigenvalue weighted by Gasteiger charge is 2.32. The lowest BCUT2D eigenvalue weighted by Crippen LogP contribution is -2.29. The summed E-state index contributed by atoms with van der Waals surface area (Å²) in [7, 11) is 1.78. The average molecular weight is 343 g/mol. The van der Waals surface area contributed by atoms with E-state index in [1.165, 1.54) is 0 Å². The number of amides is 1. The molecule has 1 fully saturated rings. The van der Waals surface area contributed by atoms with Gasteiger partial charge < -0.3 is 20.1 Å². The van der Waals surface area contributed by atoms with Gasteiger partial charge in [0.15, 0.2) is 17.6 Å². The second-order valence-electron chi connectivity index (χ2n) is 4.70. The fourth-order valence-electron chi connectivity index (χ4n) is 2.16. The molecule has 1 atom stereocenters. The predicted octanol–water partition coefficient (Wildman–Crippen LogP) is 1.92. The number of rotatable bonds is 5. The third-order valence-electron chi connectivity index (χ3n) is 3.24. The van der Waals surface area contributed by atoms with E-state index in [1.807, 2.05) is 19.1 Å². The van der Waals surface area contributed by atoms with Crippen LogP contribution in [-0.4, -0.2) is 37.1 Å². The van der Waals surface area contributed by atoms with E-state index in [2.05, 4.69) is 15.9 Å². The van der Waals surface area contributed by atoms with E-state index in [9.17, 15) is 4.79 Å². The van der Waals surface area contributed by atoms with E-state index < -0.39 is 6.10 Å². The SMILES string of the molecule is CCOc1cc(CN)cc(Br)c1OC1CCN(C)C1=O. The van der Waals surface area contributed by atoms with E-state index in [1.54, 1.807) is 11.9 Å². The Balaban J connectivity index is 2.28. The summed E-state index contributed by atoms with van der Waals surface area (Å²) < 4.78 is 12.2. The fraction of sp³-hybridized carbons (Fsp3) is 0.500. The molecule has 20 heavy (non-hydrogen) atoms. The highest BCUT2D eigenvalue weighted by Crippen LogP contribution is 2.38. The Hall–Kier alpha value is -1.27. The summed E-state index contributed by atoms with van der Waals surface area (Å²) in [5.41, 5.74) is 6.61. The molecule has 2 rings (SSSR count). The Morgan fingerprint density at radius 2 is 2.25 bits per heavy atom. The standard InChI is InChI=1S/C14H19BrN2O3/c1-3-19-12-7-9(8-16)6-10(15)13(12)20-11-4-5-17(2)14(11)18/h6-7,11H,3-5,8,16H2,1-2H3. The maximum atomic E-state index is 11.9. The molecule has 0 spiro atoms. The van der Waals surface area contributed by atoms with Gasteiger partial charge in [-0.1, -0.05) is 0 Å². The Labute approximate surface area is 127 Å². The number of likely N-dealkylation sites (tertiary alicyclic amines) is 1. The lowest BCUT2D eigenvalue weighted by molar-refractivity contribution is -0.132. The van der Waals surface area contributed by atoms with E-state index in [0.29, 0.717) is 37.6 Å². The molecule has 0 saturated carbocycles. The number of nitrogens with two attached hydrogens (primary N) is 1. The van der Waals surface area contributed by atoms with Gasteiger partial charge in [-0.15, -0.1) is 0 Å². The number of benzene rings is 1. The normalized spacial score (nSPS) is 18.5. The molecule has 0 bridgehead atoms. The van der Waals surface area contributed by atoms with Gasteiger partial charge >= 0.3 is 0 Å². The Morgan fingerprint density at radius 1 is 1.50 bits per heavy atom. The number of carbonyl (C=O) groups is 1. The monoisotopic (exact) mass is 342 g/mol. The van der Waals surface area contributed by atoms with Gasteiger partial charge in [0.25, 0.3) is 5.91 Å². The first-order chi connectivity index (χ1) is 9.56. The molecule has 1 unspecified atom stereocenters. The molecule has 0 radical (unpaired) electrons. The van der Waals surface area contributed by atoms with Gasteiger partial charge in [0.1, 0.15) is 0 Å². The van der Waals surface area contributed by atoms with Crippen molar-refractivity contribution in [1.82, 2.24) is 4.90 Å². The van der Waals surface area contributed by atoms with Crippen LogP contribution >= 0.6 is 15.9 Å². The summed E-state index contributed by atoms with van der Waals surface area (Å²) in [6.07, 6.45) is 0.241. The molecule has 2 N–H and O–H groups in total. The van der Waals surface area contributed by atoms with E-state index in [4.69, 9.17) is 15.2 Å². The second-order valence-corrected chi connectivity index (χ2v) is 5.55. The molecule has 1 saturated heterocycles. The van der Waals surface area contributed by atoms with Gasteiger partial charge in [0.05, 0.1) is 11.1 Å². The number of likely N-dealkylation sites (N-methyl/N-ethyl adjacent to an activating group) is 1. The minimum absolute atomic E-state index is 0.00208. The molecule has 1 heterocycles. The molecule has 1 aromatic rings. The van der Waals surface area contributed by atoms with Crippen LogP contribution in [0.4, 0.5) is 0 Å². The highest BCUT2D eigenvalue weighted by atomic mass is 79.9. The van der Waals surface area contributed by atoms with Crippen LogP contribution in [0, 0.1) is 0 Å². The fourth-order valence-corrected chi connectivity index (χ4v) is 2.74. The summed E-state index contributed by atoms with van der Waals surface area (Å²) in [4.78, 5) is 13.6. The van der Waals surface area contributed by atoms with Crippen molar-refractivity contribution < 1.29 is 14.3 Å². The molecule has 1 aliphatic rings. The van der Waals surface area contributed by atoms with E-state index >= 15 is 0 Å². The summed E-state index contributed by atoms with van der Waals surface area (Å²) in [5.74, 6) is 1.18. The number of halogens is 1. The van der Waals surface area contributed by atoms with Gasteiger partial charge in [0, 0.05) is 26.6 Å². The largest absolute Gasteiger partial charge is 0.490 e. The summed E-state index contributed by atoms with van der Waals surface area (Å²) in [6.45, 7) is 3.56. The Bertz CT molecular complexity index is 507. The Kier molecular flexibility index (Phi) is 4.88. The average Bonchev–Trinajstić information content (AvgIpc) is 2.74. The molecule has 1 aromatic carbocycles. The highest BCUT2D eigenvalue weighted by molar-refractivity contribution is 9.10. The van der Waals surface area contributed by atoms with Gasteiger partial charge in [-0.25, -0.2) is 0 Å². The number of nitrogens with zero attached hydrogens (tertiary/aromatic N) is 1. The van der Waals surface area contributed by atoms with Crippen LogP contribution in [0.1, 0.15) is 18.9 Å². The molecule has 0 aromatic heterocycles. The van der Waals surface area contributed by atoms with Crippen molar-refractivity contribution >= 4 is 21.8 Å². The maximum Gasteiger partial charge on any atom is 0.263 e. The third kappa shape index (κ3) is 3.07. The number of hydrogen-bond donors (Lipinski definition) is 1. The number of hydrogen-bond acceptors (Lipinski definition) is 4. The molecule has 1 amide bonds. The third-order valence-corrected chi connectivity index (χ3v) is 3.83. The van der Waals surface area contributed by atoms with Crippen LogP contribution in [0.2, 0.25) is 0 Å². The quantitative estimate of drug-likeness (QED) is 0.887. The molecular formula is C14H19BrN2O3. The van der Waals surface area contributed by atoms with Crippen LogP contribution in [0.15, 0.2) is 16.6 Å². The van der Waals surface area contributed by atoms with Crippen molar-refractivity contribution in [2.75, 3.05) is 20.2 Å². The first-order valence-electron chi connectivity index (χ1n) is 6.63. The first kappa shape index (κ1) is 15.1. The number of ether oxygens (including phenoxy) is 2. The second kappa shape index (κ2) is 6.45. The first-order valence-corrected chi connectivity index (χ1v) is 7.43. The summed E-state index contributed by atoms with van der Waals surface area (Å²) in [5, 5.41) is 0. The van der Waals surface area contributed by atoms with Gasteiger partial charge in [-0.05, 0) is 40.5 Å². The predicted molar refractivity (Wildman–Crippen MR) is 79.9 cm³/mol. The molecule has 1 aliphatic heterocycles. The van der Waals surface area contributed by atoms with Crippen molar-refractivity contribution in [3.63, 3.8) is 0 Å². The van der Waals surface area contributed by atoms with Crippen LogP contribution in [0.3, 0.4) is 0 Å². The van der Waals surface area contributed by atoms with E-state index in [-0.39, 0.29) is 5.91 Å². The zero-order valence-electron chi connectivity index (χ0n) is 11.7. The molecule has 0 aliphatic carbocycles. The topological polar surface area (TPSA) is 64.8 Å². The zero-order valence-corrected chi connectivity index (χ0v) is 13.3. The molecule has 5 nitrogen and oxygen atoms in total. The van der Waals surface area contributed by atoms with Gasteiger partial charge in [0.2, 0.25) is 0 Å². The van der Waals surface area contributed by atoms with Crippen LogP contribution in [0.25, 0.3) is 0 Å². The van der Waals surface area contributed by atoms with Crippen molar-refractivity contribution in [1.29, 1.82) is 0 Å². The van der Waals surface area contributed by atoms with Crippen molar-refractivity contribution in [3.05, 3.63) is 22.2 Å². The Morgan fingerprint density at radius 3 is 2.80 bits per heavy atom. The molecular weight excluding hydrogens is 324 g/mol. The molecule has 110 valence electrons. The smallest absolute Gasteiger partial charge is 0.263 e. The summed E-state index contributed by atoms with van der Waals surface area (Å²) in [6, 6.07) is 3.74. The maximum absolute atomic E-state index is 11.9. The van der Waals surface area contributed by atoms with Gasteiger partial charge in [-0.3, -0.25) is 4.79 Å². The van der Waals surface area contributed by atoms with Crippen LogP contribution < -0.4 is 15.2 Å². The lowest BCUT2D eigenvalue weighted by atomic mass is 10.2.